The van der Waals surface area contributed by atoms with Gasteiger partial charge in [0.1, 0.15) is 5.75 Å². The maximum absolute atomic E-state index is 9.79. The average molecular weight is 248 g/mol. The molecule has 0 amide bonds. The van der Waals surface area contributed by atoms with E-state index in [2.05, 4.69) is 31.2 Å². The van der Waals surface area contributed by atoms with E-state index in [1.54, 1.807) is 6.07 Å². The van der Waals surface area contributed by atoms with E-state index in [0.29, 0.717) is 11.3 Å². The summed E-state index contributed by atoms with van der Waals surface area (Å²) in [7, 11) is 4.32. The molecular formula is C15H24N2O. The molecular weight excluding hydrogens is 224 g/mol. The first-order chi connectivity index (χ1) is 8.53. The summed E-state index contributed by atoms with van der Waals surface area (Å²) >= 11 is 0. The molecule has 0 spiro atoms. The van der Waals surface area contributed by atoms with E-state index in [9.17, 15) is 5.11 Å². The topological polar surface area (TPSA) is 35.5 Å². The van der Waals surface area contributed by atoms with Crippen LogP contribution in [0, 0.1) is 6.92 Å². The highest BCUT2D eigenvalue weighted by molar-refractivity contribution is 5.35. The van der Waals surface area contributed by atoms with Gasteiger partial charge in [-0.25, -0.2) is 0 Å². The van der Waals surface area contributed by atoms with Crippen molar-refractivity contribution in [2.75, 3.05) is 20.6 Å². The third-order valence-electron chi connectivity index (χ3n) is 4.24. The third kappa shape index (κ3) is 2.68. The van der Waals surface area contributed by atoms with Crippen molar-refractivity contribution in [3.63, 3.8) is 0 Å². The van der Waals surface area contributed by atoms with Gasteiger partial charge in [0.05, 0.1) is 0 Å². The molecule has 100 valence electrons. The number of nitrogens with zero attached hydrogens (tertiary/aromatic N) is 1. The fourth-order valence-electron chi connectivity index (χ4n) is 2.65. The second kappa shape index (κ2) is 5.29. The van der Waals surface area contributed by atoms with Gasteiger partial charge in [-0.05, 0) is 46.3 Å². The molecule has 18 heavy (non-hydrogen) atoms. The van der Waals surface area contributed by atoms with Crippen LogP contribution in [-0.2, 0) is 6.54 Å². The van der Waals surface area contributed by atoms with Crippen LogP contribution in [-0.4, -0.2) is 36.2 Å². The van der Waals surface area contributed by atoms with E-state index in [1.165, 1.54) is 24.8 Å². The van der Waals surface area contributed by atoms with Gasteiger partial charge in [-0.2, -0.15) is 0 Å². The van der Waals surface area contributed by atoms with Crippen LogP contribution >= 0.6 is 0 Å². The predicted octanol–water partition coefficient (Wildman–Crippen LogP) is 2.27. The third-order valence-corrected chi connectivity index (χ3v) is 4.24. The van der Waals surface area contributed by atoms with Crippen LogP contribution in [0.5, 0.6) is 5.75 Å². The first-order valence-electron chi connectivity index (χ1n) is 6.70. The van der Waals surface area contributed by atoms with Gasteiger partial charge < -0.3 is 15.3 Å². The molecule has 0 radical (unpaired) electrons. The van der Waals surface area contributed by atoms with Gasteiger partial charge in [0.15, 0.2) is 0 Å². The number of aryl methyl sites for hydroxylation is 1. The van der Waals surface area contributed by atoms with Crippen molar-refractivity contribution in [2.24, 2.45) is 0 Å². The summed E-state index contributed by atoms with van der Waals surface area (Å²) in [6.45, 7) is 3.78. The van der Waals surface area contributed by atoms with E-state index in [1.807, 2.05) is 12.1 Å². The van der Waals surface area contributed by atoms with Crippen LogP contribution in [0.2, 0.25) is 0 Å². The van der Waals surface area contributed by atoms with Crippen LogP contribution in [0.15, 0.2) is 18.2 Å². The Bertz CT molecular complexity index is 411. The molecule has 0 heterocycles. The van der Waals surface area contributed by atoms with Gasteiger partial charge in [-0.3, -0.25) is 0 Å². The number of rotatable bonds is 5. The lowest BCUT2D eigenvalue weighted by Gasteiger charge is -2.47. The van der Waals surface area contributed by atoms with Crippen LogP contribution in [0.4, 0.5) is 0 Å². The van der Waals surface area contributed by atoms with Gasteiger partial charge in [-0.1, -0.05) is 17.7 Å². The lowest BCUT2D eigenvalue weighted by Crippen LogP contribution is -2.56. The summed E-state index contributed by atoms with van der Waals surface area (Å²) in [6.07, 6.45) is 3.87. The summed E-state index contributed by atoms with van der Waals surface area (Å²) in [4.78, 5) is 2.33. The first-order valence-corrected chi connectivity index (χ1v) is 6.70. The van der Waals surface area contributed by atoms with Crippen molar-refractivity contribution in [1.29, 1.82) is 0 Å². The number of nitrogens with one attached hydrogen (secondary N) is 1. The molecule has 2 N–H and O–H groups in total. The van der Waals surface area contributed by atoms with Crippen LogP contribution in [0.25, 0.3) is 0 Å². The van der Waals surface area contributed by atoms with E-state index >= 15 is 0 Å². The number of hydrogen-bond acceptors (Lipinski definition) is 3. The molecule has 3 heteroatoms. The Morgan fingerprint density at radius 3 is 2.61 bits per heavy atom. The number of benzene rings is 1. The van der Waals surface area contributed by atoms with E-state index in [-0.39, 0.29) is 0 Å². The summed E-state index contributed by atoms with van der Waals surface area (Å²) in [5.41, 5.74) is 2.51. The maximum Gasteiger partial charge on any atom is 0.120 e. The van der Waals surface area contributed by atoms with Crippen LogP contribution < -0.4 is 5.32 Å². The van der Waals surface area contributed by atoms with E-state index in [4.69, 9.17) is 0 Å². The number of aromatic hydroxyl groups is 1. The zero-order valence-electron chi connectivity index (χ0n) is 11.7. The van der Waals surface area contributed by atoms with Crippen molar-refractivity contribution >= 4 is 0 Å². The average Bonchev–Trinajstić information content (AvgIpc) is 2.26. The minimum absolute atomic E-state index is 0.333. The Kier molecular flexibility index (Phi) is 3.93. The van der Waals surface area contributed by atoms with Crippen molar-refractivity contribution < 1.29 is 5.11 Å². The molecule has 1 saturated carbocycles. The highest BCUT2D eigenvalue weighted by Crippen LogP contribution is 2.35. The lowest BCUT2D eigenvalue weighted by atomic mass is 9.75. The fraction of sp³-hybridized carbons (Fsp3) is 0.600. The molecule has 1 aromatic rings. The number of hydrogen-bond donors (Lipinski definition) is 2. The number of phenolic OH excluding ortho intramolecular Hbond substituents is 1. The zero-order valence-corrected chi connectivity index (χ0v) is 11.7. The smallest absolute Gasteiger partial charge is 0.120 e. The highest BCUT2D eigenvalue weighted by atomic mass is 16.3. The largest absolute Gasteiger partial charge is 0.508 e. The number of likely N-dealkylation sites (N-methyl/N-ethyl adjacent to an activating group) is 1. The van der Waals surface area contributed by atoms with Crippen molar-refractivity contribution in [3.05, 3.63) is 29.3 Å². The van der Waals surface area contributed by atoms with Crippen molar-refractivity contribution in [2.45, 2.75) is 38.3 Å². The Balaban J connectivity index is 1.90. The standard InChI is InChI=1S/C15H24N2O/c1-12-5-6-14(18)13(9-12)10-16-11-15(17(2)3)7-4-8-15/h5-6,9,16,18H,4,7-8,10-11H2,1-3H3. The molecule has 1 aliphatic rings. The Morgan fingerprint density at radius 1 is 1.33 bits per heavy atom. The van der Waals surface area contributed by atoms with Gasteiger partial charge in [0.2, 0.25) is 0 Å². The molecule has 0 atom stereocenters. The number of phenols is 1. The first kappa shape index (κ1) is 13.4. The minimum Gasteiger partial charge on any atom is -0.508 e. The van der Waals surface area contributed by atoms with Crippen molar-refractivity contribution in [1.82, 2.24) is 10.2 Å². The molecule has 0 aromatic heterocycles. The molecule has 0 aliphatic heterocycles. The fourth-order valence-corrected chi connectivity index (χ4v) is 2.65. The molecule has 3 nitrogen and oxygen atoms in total. The SMILES string of the molecule is Cc1ccc(O)c(CNCC2(N(C)C)CCC2)c1. The molecule has 0 saturated heterocycles. The quantitative estimate of drug-likeness (QED) is 0.839. The summed E-state index contributed by atoms with van der Waals surface area (Å²) in [5.74, 6) is 0.389. The second-order valence-corrected chi connectivity index (χ2v) is 5.71. The van der Waals surface area contributed by atoms with Gasteiger partial charge in [0.25, 0.3) is 0 Å². The minimum atomic E-state index is 0.333. The summed E-state index contributed by atoms with van der Waals surface area (Å²) in [6, 6.07) is 5.76. The van der Waals surface area contributed by atoms with Gasteiger partial charge >= 0.3 is 0 Å². The normalized spacial score (nSPS) is 17.8. The van der Waals surface area contributed by atoms with E-state index < -0.39 is 0 Å². The molecule has 2 rings (SSSR count). The van der Waals surface area contributed by atoms with Gasteiger partial charge in [0, 0.05) is 24.2 Å². The van der Waals surface area contributed by atoms with Crippen molar-refractivity contribution in [3.8, 4) is 5.75 Å². The molecule has 1 fully saturated rings. The Morgan fingerprint density at radius 2 is 2.06 bits per heavy atom. The summed E-state index contributed by atoms with van der Waals surface area (Å²) < 4.78 is 0. The molecule has 0 bridgehead atoms. The molecule has 1 aliphatic carbocycles. The van der Waals surface area contributed by atoms with Crippen LogP contribution in [0.3, 0.4) is 0 Å². The lowest BCUT2D eigenvalue weighted by molar-refractivity contribution is 0.0598. The summed E-state index contributed by atoms with van der Waals surface area (Å²) in [5, 5.41) is 13.3. The van der Waals surface area contributed by atoms with Crippen LogP contribution in [0.1, 0.15) is 30.4 Å². The monoisotopic (exact) mass is 248 g/mol. The second-order valence-electron chi connectivity index (χ2n) is 5.71. The Hall–Kier alpha value is -1.06. The predicted molar refractivity (Wildman–Crippen MR) is 74.8 cm³/mol. The van der Waals surface area contributed by atoms with Gasteiger partial charge in [-0.15, -0.1) is 0 Å². The maximum atomic E-state index is 9.79. The molecule has 0 unspecified atom stereocenters. The van der Waals surface area contributed by atoms with E-state index in [0.717, 1.165) is 18.7 Å². The zero-order chi connectivity index (χ0) is 13.2. The molecule has 1 aromatic carbocycles. The highest BCUT2D eigenvalue weighted by Gasteiger charge is 2.38. The Labute approximate surface area is 110 Å².